The van der Waals surface area contributed by atoms with Crippen molar-refractivity contribution in [3.05, 3.63) is 50.8 Å². The normalized spacial score (nSPS) is 18.4. The fraction of sp³-hybridized carbons (Fsp3) is 0.389. The molecule has 27 heavy (non-hydrogen) atoms. The summed E-state index contributed by atoms with van der Waals surface area (Å²) >= 11 is 10.4. The van der Waals surface area contributed by atoms with Crippen molar-refractivity contribution in [3.63, 3.8) is 0 Å². The lowest BCUT2D eigenvalue weighted by atomic mass is 9.99. The van der Waals surface area contributed by atoms with Crippen LogP contribution in [0, 0.1) is 5.92 Å². The fourth-order valence-electron chi connectivity index (χ4n) is 3.06. The molecule has 1 aromatic carbocycles. The number of thiophene rings is 1. The van der Waals surface area contributed by atoms with Gasteiger partial charge in [0.15, 0.2) is 0 Å². The van der Waals surface area contributed by atoms with E-state index < -0.39 is 10.0 Å². The van der Waals surface area contributed by atoms with Crippen LogP contribution in [0.25, 0.3) is 0 Å². The lowest BCUT2D eigenvalue weighted by Crippen LogP contribution is -2.45. The molecule has 1 amide bonds. The Morgan fingerprint density at radius 1 is 1.26 bits per heavy atom. The van der Waals surface area contributed by atoms with Crippen LogP contribution in [0.2, 0.25) is 5.02 Å². The van der Waals surface area contributed by atoms with Crippen LogP contribution in [0.15, 0.2) is 44.4 Å². The second-order valence-corrected chi connectivity index (χ2v) is 11.5. The SMILES string of the molecule is O=C(NCCc1ccc(Cl)cc1)[C@@H]1CCCN(S(=O)(=O)c2ccc(Br)s2)C1. The van der Waals surface area contributed by atoms with E-state index >= 15 is 0 Å². The van der Waals surface area contributed by atoms with Crippen LogP contribution in [0.3, 0.4) is 0 Å². The Hall–Kier alpha value is -0.930. The molecule has 1 aromatic heterocycles. The largest absolute Gasteiger partial charge is 0.355 e. The average Bonchev–Trinajstić information content (AvgIpc) is 3.10. The molecule has 0 bridgehead atoms. The van der Waals surface area contributed by atoms with E-state index in [0.717, 1.165) is 9.35 Å². The van der Waals surface area contributed by atoms with E-state index in [1.807, 2.05) is 24.3 Å². The Balaban J connectivity index is 1.55. The summed E-state index contributed by atoms with van der Waals surface area (Å²) in [7, 11) is -3.55. The first-order chi connectivity index (χ1) is 12.9. The number of nitrogens with one attached hydrogen (secondary N) is 1. The summed E-state index contributed by atoms with van der Waals surface area (Å²) < 4.78 is 28.0. The van der Waals surface area contributed by atoms with Crippen molar-refractivity contribution >= 4 is 54.8 Å². The van der Waals surface area contributed by atoms with Gasteiger partial charge in [-0.1, -0.05) is 23.7 Å². The topological polar surface area (TPSA) is 66.5 Å². The molecular weight excluding hydrogens is 472 g/mol. The Bertz CT molecular complexity index is 900. The molecule has 3 rings (SSSR count). The Kier molecular flexibility index (Phi) is 6.97. The first kappa shape index (κ1) is 20.8. The smallest absolute Gasteiger partial charge is 0.252 e. The molecule has 0 radical (unpaired) electrons. The summed E-state index contributed by atoms with van der Waals surface area (Å²) in [5, 5.41) is 3.62. The molecule has 2 heterocycles. The highest BCUT2D eigenvalue weighted by molar-refractivity contribution is 9.11. The van der Waals surface area contributed by atoms with E-state index in [9.17, 15) is 13.2 Å². The van der Waals surface area contributed by atoms with Gasteiger partial charge < -0.3 is 5.32 Å². The van der Waals surface area contributed by atoms with Crippen molar-refractivity contribution in [2.24, 2.45) is 5.92 Å². The summed E-state index contributed by atoms with van der Waals surface area (Å²) in [6.07, 6.45) is 2.09. The van der Waals surface area contributed by atoms with Gasteiger partial charge in [0.2, 0.25) is 5.91 Å². The van der Waals surface area contributed by atoms with Gasteiger partial charge in [0, 0.05) is 24.7 Å². The van der Waals surface area contributed by atoms with Gasteiger partial charge in [0.05, 0.1) is 9.70 Å². The fourth-order valence-corrected chi connectivity index (χ4v) is 6.88. The lowest BCUT2D eigenvalue weighted by molar-refractivity contribution is -0.126. The molecule has 0 unspecified atom stereocenters. The molecule has 0 aliphatic carbocycles. The number of hydrogen-bond acceptors (Lipinski definition) is 4. The van der Waals surface area contributed by atoms with Crippen LogP contribution in [0.1, 0.15) is 18.4 Å². The molecule has 1 aliphatic heterocycles. The third-order valence-electron chi connectivity index (χ3n) is 4.52. The van der Waals surface area contributed by atoms with E-state index in [2.05, 4.69) is 21.2 Å². The highest BCUT2D eigenvalue weighted by Crippen LogP contribution is 2.30. The van der Waals surface area contributed by atoms with Gasteiger partial charge in [0.1, 0.15) is 4.21 Å². The molecule has 5 nitrogen and oxygen atoms in total. The predicted octanol–water partition coefficient (Wildman–Crippen LogP) is 3.92. The molecule has 0 spiro atoms. The van der Waals surface area contributed by atoms with Crippen LogP contribution >= 0.6 is 38.9 Å². The van der Waals surface area contributed by atoms with Crippen molar-refractivity contribution in [2.75, 3.05) is 19.6 Å². The highest BCUT2D eigenvalue weighted by Gasteiger charge is 2.33. The number of rotatable bonds is 6. The minimum Gasteiger partial charge on any atom is -0.355 e. The molecule has 1 fully saturated rings. The van der Waals surface area contributed by atoms with Crippen molar-refractivity contribution < 1.29 is 13.2 Å². The number of nitrogens with zero attached hydrogens (tertiary/aromatic N) is 1. The molecule has 9 heteroatoms. The Morgan fingerprint density at radius 2 is 2.00 bits per heavy atom. The molecule has 1 N–H and O–H groups in total. The standard InChI is InChI=1S/C18H20BrClN2O3S2/c19-16-7-8-17(26-16)27(24,25)22-11-1-2-14(12-22)18(23)21-10-9-13-3-5-15(20)6-4-13/h3-8,14H,1-2,9-12H2,(H,21,23)/t14-/m1/s1. The summed E-state index contributed by atoms with van der Waals surface area (Å²) in [5.74, 6) is -0.404. The summed E-state index contributed by atoms with van der Waals surface area (Å²) in [6, 6.07) is 10.8. The van der Waals surface area contributed by atoms with E-state index in [0.29, 0.717) is 41.6 Å². The van der Waals surface area contributed by atoms with Crippen LogP contribution < -0.4 is 5.32 Å². The molecule has 1 atom stereocenters. The molecule has 1 saturated heterocycles. The number of piperidine rings is 1. The second kappa shape index (κ2) is 9.05. The number of benzene rings is 1. The highest BCUT2D eigenvalue weighted by atomic mass is 79.9. The van der Waals surface area contributed by atoms with Crippen LogP contribution in [0.4, 0.5) is 0 Å². The van der Waals surface area contributed by atoms with Gasteiger partial charge in [-0.3, -0.25) is 4.79 Å². The number of hydrogen-bond donors (Lipinski definition) is 1. The monoisotopic (exact) mass is 490 g/mol. The first-order valence-electron chi connectivity index (χ1n) is 8.64. The zero-order valence-electron chi connectivity index (χ0n) is 14.5. The molecular formula is C18H20BrClN2O3S2. The molecule has 0 saturated carbocycles. The van der Waals surface area contributed by atoms with E-state index in [-0.39, 0.29) is 18.4 Å². The van der Waals surface area contributed by atoms with Gasteiger partial charge in [-0.25, -0.2) is 8.42 Å². The minimum atomic E-state index is -3.55. The van der Waals surface area contributed by atoms with E-state index in [4.69, 9.17) is 11.6 Å². The van der Waals surface area contributed by atoms with Crippen LogP contribution in [-0.2, 0) is 21.2 Å². The summed E-state index contributed by atoms with van der Waals surface area (Å²) in [4.78, 5) is 12.5. The third kappa shape index (κ3) is 5.32. The number of sulfonamides is 1. The Morgan fingerprint density at radius 3 is 2.67 bits per heavy atom. The van der Waals surface area contributed by atoms with Gasteiger partial charge in [-0.15, -0.1) is 11.3 Å². The molecule has 1 aliphatic rings. The second-order valence-electron chi connectivity index (χ2n) is 6.43. The zero-order chi connectivity index (χ0) is 19.4. The maximum absolute atomic E-state index is 12.8. The maximum Gasteiger partial charge on any atom is 0.252 e. The van der Waals surface area contributed by atoms with Gasteiger partial charge in [0.25, 0.3) is 10.0 Å². The number of carbonyl (C=O) groups excluding carboxylic acids is 1. The Labute approximate surface area is 176 Å². The van der Waals surface area contributed by atoms with Crippen molar-refractivity contribution in [1.82, 2.24) is 9.62 Å². The van der Waals surface area contributed by atoms with Crippen molar-refractivity contribution in [2.45, 2.75) is 23.5 Å². The van der Waals surface area contributed by atoms with Crippen molar-refractivity contribution in [3.8, 4) is 0 Å². The summed E-state index contributed by atoms with van der Waals surface area (Å²) in [5.41, 5.74) is 1.09. The predicted molar refractivity (Wildman–Crippen MR) is 112 cm³/mol. The van der Waals surface area contributed by atoms with Crippen molar-refractivity contribution in [1.29, 1.82) is 0 Å². The lowest BCUT2D eigenvalue weighted by Gasteiger charge is -2.30. The quantitative estimate of drug-likeness (QED) is 0.666. The van der Waals surface area contributed by atoms with Crippen LogP contribution in [0.5, 0.6) is 0 Å². The number of halogens is 2. The van der Waals surface area contributed by atoms with Gasteiger partial charge in [-0.2, -0.15) is 4.31 Å². The average molecular weight is 492 g/mol. The zero-order valence-corrected chi connectivity index (χ0v) is 18.5. The minimum absolute atomic E-state index is 0.0868. The number of amides is 1. The van der Waals surface area contributed by atoms with Gasteiger partial charge in [-0.05, 0) is 65.0 Å². The first-order valence-corrected chi connectivity index (χ1v) is 12.1. The van der Waals surface area contributed by atoms with Crippen LogP contribution in [-0.4, -0.2) is 38.3 Å². The maximum atomic E-state index is 12.8. The third-order valence-corrected chi connectivity index (χ3v) is 8.73. The van der Waals surface area contributed by atoms with E-state index in [1.54, 1.807) is 12.1 Å². The number of carbonyl (C=O) groups is 1. The summed E-state index contributed by atoms with van der Waals surface area (Å²) in [6.45, 7) is 1.19. The van der Waals surface area contributed by atoms with Gasteiger partial charge >= 0.3 is 0 Å². The molecule has 146 valence electrons. The molecule has 2 aromatic rings. The van der Waals surface area contributed by atoms with E-state index in [1.165, 1.54) is 15.6 Å².